The number of aromatic hydroxyl groups is 1. The maximum atomic E-state index is 11.4. The van der Waals surface area contributed by atoms with E-state index in [-0.39, 0.29) is 24.6 Å². The molecule has 0 saturated carbocycles. The highest BCUT2D eigenvalue weighted by atomic mass is 16.3. The van der Waals surface area contributed by atoms with Crippen LogP contribution < -0.4 is 10.6 Å². The minimum Gasteiger partial charge on any atom is -0.506 e. The van der Waals surface area contributed by atoms with Gasteiger partial charge in [0.25, 0.3) is 0 Å². The maximum Gasteiger partial charge on any atom is 0.313 e. The monoisotopic (exact) mass is 252 g/mol. The summed E-state index contributed by atoms with van der Waals surface area (Å²) < 4.78 is 0. The zero-order chi connectivity index (χ0) is 13.5. The Morgan fingerprint density at radius 1 is 1.28 bits per heavy atom. The lowest BCUT2D eigenvalue weighted by Gasteiger charge is -2.08. The van der Waals surface area contributed by atoms with Crippen molar-refractivity contribution in [1.29, 1.82) is 0 Å². The van der Waals surface area contributed by atoms with E-state index in [2.05, 4.69) is 10.6 Å². The Morgan fingerprint density at radius 3 is 2.61 bits per heavy atom. The van der Waals surface area contributed by atoms with Gasteiger partial charge in [0.15, 0.2) is 0 Å². The molecule has 0 aromatic heterocycles. The second-order valence-electron chi connectivity index (χ2n) is 3.81. The van der Waals surface area contributed by atoms with Crippen molar-refractivity contribution in [3.63, 3.8) is 0 Å². The summed E-state index contributed by atoms with van der Waals surface area (Å²) in [5, 5.41) is 22.7. The van der Waals surface area contributed by atoms with Crippen LogP contribution in [0.15, 0.2) is 18.2 Å². The molecule has 0 saturated heterocycles. The second-order valence-corrected chi connectivity index (χ2v) is 3.81. The van der Waals surface area contributed by atoms with E-state index in [1.54, 1.807) is 13.0 Å². The zero-order valence-corrected chi connectivity index (χ0v) is 10.1. The molecule has 98 valence electrons. The molecule has 0 atom stereocenters. The van der Waals surface area contributed by atoms with Crippen molar-refractivity contribution in [2.75, 3.05) is 18.5 Å². The Labute approximate surface area is 105 Å². The van der Waals surface area contributed by atoms with Crippen LogP contribution >= 0.6 is 0 Å². The molecular formula is C12H16N2O4. The normalized spacial score (nSPS) is 9.89. The van der Waals surface area contributed by atoms with E-state index in [9.17, 15) is 14.7 Å². The van der Waals surface area contributed by atoms with Crippen molar-refractivity contribution in [2.45, 2.75) is 13.3 Å². The van der Waals surface area contributed by atoms with Gasteiger partial charge >= 0.3 is 11.8 Å². The molecule has 4 N–H and O–H groups in total. The first-order valence-electron chi connectivity index (χ1n) is 5.54. The number of aliphatic hydroxyl groups is 1. The molecule has 0 radical (unpaired) electrons. The first-order valence-corrected chi connectivity index (χ1v) is 5.54. The van der Waals surface area contributed by atoms with E-state index in [4.69, 9.17) is 5.11 Å². The van der Waals surface area contributed by atoms with Crippen molar-refractivity contribution in [3.05, 3.63) is 23.8 Å². The Morgan fingerprint density at radius 2 is 2.00 bits per heavy atom. The number of amides is 2. The third kappa shape index (κ3) is 4.06. The van der Waals surface area contributed by atoms with E-state index in [0.29, 0.717) is 6.42 Å². The summed E-state index contributed by atoms with van der Waals surface area (Å²) in [6.45, 7) is 1.97. The van der Waals surface area contributed by atoms with Crippen LogP contribution in [0.1, 0.15) is 12.0 Å². The molecule has 6 heteroatoms. The minimum atomic E-state index is -0.855. The van der Waals surface area contributed by atoms with Crippen LogP contribution in [0.5, 0.6) is 5.75 Å². The lowest BCUT2D eigenvalue weighted by atomic mass is 10.2. The van der Waals surface area contributed by atoms with Gasteiger partial charge in [0, 0.05) is 13.2 Å². The Hall–Kier alpha value is -2.08. The quantitative estimate of drug-likeness (QED) is 0.348. The van der Waals surface area contributed by atoms with Crippen molar-refractivity contribution < 1.29 is 19.8 Å². The molecule has 2 amide bonds. The average Bonchev–Trinajstić information content (AvgIpc) is 2.32. The molecule has 0 spiro atoms. The smallest absolute Gasteiger partial charge is 0.313 e. The summed E-state index contributed by atoms with van der Waals surface area (Å²) in [6, 6.07) is 4.71. The summed E-state index contributed by atoms with van der Waals surface area (Å²) in [7, 11) is 0. The molecule has 1 aromatic carbocycles. The van der Waals surface area contributed by atoms with Gasteiger partial charge in [0.2, 0.25) is 0 Å². The van der Waals surface area contributed by atoms with Gasteiger partial charge in [-0.05, 0) is 31.0 Å². The highest BCUT2D eigenvalue weighted by Crippen LogP contribution is 2.23. The molecule has 1 rings (SSSR count). The lowest BCUT2D eigenvalue weighted by molar-refractivity contribution is -0.136. The van der Waals surface area contributed by atoms with Gasteiger partial charge in [-0.15, -0.1) is 0 Å². The summed E-state index contributed by atoms with van der Waals surface area (Å²) in [6.07, 6.45) is 0.384. The molecule has 6 nitrogen and oxygen atoms in total. The molecule has 1 aromatic rings. The summed E-state index contributed by atoms with van der Waals surface area (Å²) in [4.78, 5) is 22.8. The predicted octanol–water partition coefficient (Wildman–Crippen LogP) is 0.138. The van der Waals surface area contributed by atoms with Gasteiger partial charge < -0.3 is 20.8 Å². The predicted molar refractivity (Wildman–Crippen MR) is 66.2 cm³/mol. The van der Waals surface area contributed by atoms with Crippen molar-refractivity contribution >= 4 is 17.5 Å². The van der Waals surface area contributed by atoms with Crippen molar-refractivity contribution in [2.24, 2.45) is 0 Å². The number of aliphatic hydroxyl groups excluding tert-OH is 1. The number of benzene rings is 1. The van der Waals surface area contributed by atoms with E-state index in [1.807, 2.05) is 0 Å². The van der Waals surface area contributed by atoms with Crippen LogP contribution in [-0.2, 0) is 9.59 Å². The zero-order valence-electron chi connectivity index (χ0n) is 10.1. The van der Waals surface area contributed by atoms with Crippen LogP contribution in [0.4, 0.5) is 5.69 Å². The summed E-state index contributed by atoms with van der Waals surface area (Å²) in [5.74, 6) is -1.75. The minimum absolute atomic E-state index is 0.0549. The van der Waals surface area contributed by atoms with Gasteiger partial charge in [-0.3, -0.25) is 9.59 Å². The number of carbonyl (C=O) groups excluding carboxylic acids is 2. The van der Waals surface area contributed by atoms with Crippen LogP contribution in [0.25, 0.3) is 0 Å². The number of phenolic OH excluding ortho intramolecular Hbond substituents is 1. The van der Waals surface area contributed by atoms with Gasteiger partial charge in [-0.2, -0.15) is 0 Å². The van der Waals surface area contributed by atoms with E-state index < -0.39 is 11.8 Å². The fourth-order valence-corrected chi connectivity index (χ4v) is 1.29. The van der Waals surface area contributed by atoms with Gasteiger partial charge in [0.1, 0.15) is 5.75 Å². The van der Waals surface area contributed by atoms with Crippen molar-refractivity contribution in [1.82, 2.24) is 5.32 Å². The van der Waals surface area contributed by atoms with Gasteiger partial charge in [-0.1, -0.05) is 6.07 Å². The van der Waals surface area contributed by atoms with Crippen LogP contribution in [0.2, 0.25) is 0 Å². The topological polar surface area (TPSA) is 98.7 Å². The molecule has 0 unspecified atom stereocenters. The largest absolute Gasteiger partial charge is 0.506 e. The molecule has 0 aliphatic carbocycles. The molecule has 0 aliphatic heterocycles. The molecular weight excluding hydrogens is 236 g/mol. The highest BCUT2D eigenvalue weighted by molar-refractivity contribution is 6.39. The molecule has 18 heavy (non-hydrogen) atoms. The van der Waals surface area contributed by atoms with Crippen LogP contribution in [0.3, 0.4) is 0 Å². The number of carbonyl (C=O) groups is 2. The fourth-order valence-electron chi connectivity index (χ4n) is 1.29. The molecule has 0 heterocycles. The number of nitrogens with one attached hydrogen (secondary N) is 2. The Kier molecular flexibility index (Phi) is 5.13. The second kappa shape index (κ2) is 6.61. The standard InChI is InChI=1S/C12H16N2O4/c1-8-3-4-9(10(16)7-8)14-12(18)11(17)13-5-2-6-15/h3-4,7,15-16H,2,5-6H2,1H3,(H,13,17)(H,14,18). The number of anilines is 1. The van der Waals surface area contributed by atoms with Crippen LogP contribution in [0, 0.1) is 6.92 Å². The number of phenols is 1. The first-order chi connectivity index (χ1) is 8.54. The fraction of sp³-hybridized carbons (Fsp3) is 0.333. The molecule has 0 bridgehead atoms. The van der Waals surface area contributed by atoms with Crippen LogP contribution in [-0.4, -0.2) is 35.2 Å². The lowest BCUT2D eigenvalue weighted by Crippen LogP contribution is -2.36. The average molecular weight is 252 g/mol. The van der Waals surface area contributed by atoms with Crippen molar-refractivity contribution in [3.8, 4) is 5.75 Å². The highest BCUT2D eigenvalue weighted by Gasteiger charge is 2.14. The van der Waals surface area contributed by atoms with E-state index >= 15 is 0 Å². The Bertz CT molecular complexity index is 446. The van der Waals surface area contributed by atoms with E-state index in [0.717, 1.165) is 5.56 Å². The third-order valence-electron chi connectivity index (χ3n) is 2.23. The number of aryl methyl sites for hydroxylation is 1. The van der Waals surface area contributed by atoms with Gasteiger partial charge in [0.05, 0.1) is 5.69 Å². The van der Waals surface area contributed by atoms with Gasteiger partial charge in [-0.25, -0.2) is 0 Å². The summed E-state index contributed by atoms with van der Waals surface area (Å²) in [5.41, 5.74) is 1.03. The SMILES string of the molecule is Cc1ccc(NC(=O)C(=O)NCCCO)c(O)c1. The number of rotatable bonds is 4. The Balaban J connectivity index is 2.56. The molecule has 0 fully saturated rings. The third-order valence-corrected chi connectivity index (χ3v) is 2.23. The first kappa shape index (κ1) is 14.0. The maximum absolute atomic E-state index is 11.4. The number of hydrogen-bond acceptors (Lipinski definition) is 4. The molecule has 0 aliphatic rings. The number of hydrogen-bond donors (Lipinski definition) is 4. The summed E-state index contributed by atoms with van der Waals surface area (Å²) >= 11 is 0. The van der Waals surface area contributed by atoms with E-state index in [1.165, 1.54) is 12.1 Å².